The van der Waals surface area contributed by atoms with Crippen LogP contribution in [0.1, 0.15) is 24.2 Å². The molecule has 1 aromatic rings. The van der Waals surface area contributed by atoms with Crippen molar-refractivity contribution >= 4 is 17.7 Å². The van der Waals surface area contributed by atoms with Gasteiger partial charge in [0.25, 0.3) is 5.91 Å². The van der Waals surface area contributed by atoms with Crippen molar-refractivity contribution in [3.8, 4) is 0 Å². The van der Waals surface area contributed by atoms with Gasteiger partial charge < -0.3 is 14.5 Å². The lowest BCUT2D eigenvalue weighted by Gasteiger charge is -2.21. The fourth-order valence-electron chi connectivity index (χ4n) is 1.68. The maximum absolute atomic E-state index is 11.8. The highest BCUT2D eigenvalue weighted by Crippen LogP contribution is 2.12. The normalized spacial score (nSPS) is 10.0. The van der Waals surface area contributed by atoms with Crippen LogP contribution in [0.5, 0.6) is 0 Å². The standard InChI is InChI=1S/C14H21N3O3/c1-5-17(10-13(18)20-6-2)12-8-7-11(9-15-12)14(19)16(3)4/h7-9H,5-6,10H2,1-4H3. The van der Waals surface area contributed by atoms with Crippen LogP contribution in [0.2, 0.25) is 0 Å². The van der Waals surface area contributed by atoms with Crippen LogP contribution in [-0.4, -0.2) is 55.6 Å². The van der Waals surface area contributed by atoms with E-state index in [0.29, 0.717) is 24.5 Å². The summed E-state index contributed by atoms with van der Waals surface area (Å²) in [4.78, 5) is 30.8. The van der Waals surface area contributed by atoms with Crippen LogP contribution < -0.4 is 4.90 Å². The van der Waals surface area contributed by atoms with Crippen LogP contribution in [-0.2, 0) is 9.53 Å². The van der Waals surface area contributed by atoms with Crippen molar-refractivity contribution in [2.75, 3.05) is 38.7 Å². The van der Waals surface area contributed by atoms with Crippen LogP contribution in [0.15, 0.2) is 18.3 Å². The number of ether oxygens (including phenoxy) is 1. The van der Waals surface area contributed by atoms with Gasteiger partial charge in [-0.1, -0.05) is 0 Å². The summed E-state index contributed by atoms with van der Waals surface area (Å²) in [6, 6.07) is 3.44. The molecule has 0 saturated heterocycles. The fraction of sp³-hybridized carbons (Fsp3) is 0.500. The highest BCUT2D eigenvalue weighted by Gasteiger charge is 2.13. The number of aromatic nitrogens is 1. The lowest BCUT2D eigenvalue weighted by molar-refractivity contribution is -0.141. The second-order valence-corrected chi connectivity index (χ2v) is 4.42. The molecule has 0 radical (unpaired) electrons. The Labute approximate surface area is 119 Å². The lowest BCUT2D eigenvalue weighted by atomic mass is 10.2. The van der Waals surface area contributed by atoms with E-state index in [9.17, 15) is 9.59 Å². The Morgan fingerprint density at radius 1 is 1.25 bits per heavy atom. The van der Waals surface area contributed by atoms with Crippen molar-refractivity contribution in [1.82, 2.24) is 9.88 Å². The third kappa shape index (κ3) is 4.22. The number of hydrogen-bond donors (Lipinski definition) is 0. The first-order valence-electron chi connectivity index (χ1n) is 6.57. The third-order valence-corrected chi connectivity index (χ3v) is 2.73. The molecular formula is C14H21N3O3. The van der Waals surface area contributed by atoms with Gasteiger partial charge in [0.15, 0.2) is 0 Å². The molecule has 0 aliphatic heterocycles. The monoisotopic (exact) mass is 279 g/mol. The highest BCUT2D eigenvalue weighted by molar-refractivity contribution is 5.93. The van der Waals surface area contributed by atoms with E-state index in [2.05, 4.69) is 4.98 Å². The molecule has 0 fully saturated rings. The quantitative estimate of drug-likeness (QED) is 0.732. The van der Waals surface area contributed by atoms with E-state index < -0.39 is 0 Å². The van der Waals surface area contributed by atoms with Crippen LogP contribution in [0.25, 0.3) is 0 Å². The molecule has 1 amide bonds. The third-order valence-electron chi connectivity index (χ3n) is 2.73. The largest absolute Gasteiger partial charge is 0.465 e. The molecule has 0 atom stereocenters. The number of esters is 1. The van der Waals surface area contributed by atoms with Gasteiger partial charge in [0.2, 0.25) is 0 Å². The van der Waals surface area contributed by atoms with Gasteiger partial charge in [-0.2, -0.15) is 0 Å². The zero-order valence-electron chi connectivity index (χ0n) is 12.4. The average molecular weight is 279 g/mol. The molecule has 0 saturated carbocycles. The predicted octanol–water partition coefficient (Wildman–Crippen LogP) is 1.17. The zero-order chi connectivity index (χ0) is 15.1. The first-order chi connectivity index (χ1) is 9.49. The fourth-order valence-corrected chi connectivity index (χ4v) is 1.68. The molecule has 0 aliphatic rings. The van der Waals surface area contributed by atoms with Gasteiger partial charge in [0.1, 0.15) is 12.4 Å². The predicted molar refractivity (Wildman–Crippen MR) is 76.8 cm³/mol. The van der Waals surface area contributed by atoms with Crippen LogP contribution in [0, 0.1) is 0 Å². The Balaban J connectivity index is 2.79. The summed E-state index contributed by atoms with van der Waals surface area (Å²) < 4.78 is 4.92. The summed E-state index contributed by atoms with van der Waals surface area (Å²) in [5, 5.41) is 0. The van der Waals surface area contributed by atoms with Gasteiger partial charge in [-0.15, -0.1) is 0 Å². The molecule has 6 nitrogen and oxygen atoms in total. The minimum absolute atomic E-state index is 0.0995. The summed E-state index contributed by atoms with van der Waals surface area (Å²) in [6.45, 7) is 4.85. The van der Waals surface area contributed by atoms with E-state index >= 15 is 0 Å². The summed E-state index contributed by atoms with van der Waals surface area (Å²) in [5.41, 5.74) is 0.519. The van der Waals surface area contributed by atoms with E-state index in [0.717, 1.165) is 0 Å². The second kappa shape index (κ2) is 7.47. The Morgan fingerprint density at radius 3 is 2.40 bits per heavy atom. The van der Waals surface area contributed by atoms with E-state index in [4.69, 9.17) is 4.74 Å². The number of anilines is 1. The van der Waals surface area contributed by atoms with Crippen LogP contribution in [0.4, 0.5) is 5.82 Å². The minimum Gasteiger partial charge on any atom is -0.465 e. The highest BCUT2D eigenvalue weighted by atomic mass is 16.5. The second-order valence-electron chi connectivity index (χ2n) is 4.42. The number of rotatable bonds is 6. The molecule has 0 spiro atoms. The SMILES string of the molecule is CCOC(=O)CN(CC)c1ccc(C(=O)N(C)C)cn1. The van der Waals surface area contributed by atoms with Gasteiger partial charge in [0.05, 0.1) is 12.2 Å². The number of carbonyl (C=O) groups excluding carboxylic acids is 2. The average Bonchev–Trinajstić information content (AvgIpc) is 2.44. The first kappa shape index (κ1) is 15.9. The summed E-state index contributed by atoms with van der Waals surface area (Å²) in [5.74, 6) is 0.262. The molecule has 20 heavy (non-hydrogen) atoms. The summed E-state index contributed by atoms with van der Waals surface area (Å²) >= 11 is 0. The smallest absolute Gasteiger partial charge is 0.325 e. The maximum atomic E-state index is 11.8. The molecule has 1 heterocycles. The number of carbonyl (C=O) groups is 2. The number of likely N-dealkylation sites (N-methyl/N-ethyl adjacent to an activating group) is 1. The van der Waals surface area contributed by atoms with Gasteiger partial charge in [0, 0.05) is 26.8 Å². The first-order valence-corrected chi connectivity index (χ1v) is 6.57. The molecule has 1 aromatic heterocycles. The Bertz CT molecular complexity index is 457. The summed E-state index contributed by atoms with van der Waals surface area (Å²) in [6.07, 6.45) is 1.52. The Kier molecular flexibility index (Phi) is 5.96. The Hall–Kier alpha value is -2.11. The van der Waals surface area contributed by atoms with Crippen LogP contribution in [0.3, 0.4) is 0 Å². The van der Waals surface area contributed by atoms with Crippen molar-refractivity contribution in [2.45, 2.75) is 13.8 Å². The molecule has 0 aliphatic carbocycles. The van der Waals surface area contributed by atoms with E-state index in [1.165, 1.54) is 11.1 Å². The molecular weight excluding hydrogens is 258 g/mol. The number of pyridine rings is 1. The number of amides is 1. The topological polar surface area (TPSA) is 62.7 Å². The number of hydrogen-bond acceptors (Lipinski definition) is 5. The van der Waals surface area contributed by atoms with E-state index in [-0.39, 0.29) is 18.4 Å². The van der Waals surface area contributed by atoms with Gasteiger partial charge in [-0.25, -0.2) is 4.98 Å². The Morgan fingerprint density at radius 2 is 1.95 bits per heavy atom. The molecule has 0 aromatic carbocycles. The molecule has 110 valence electrons. The maximum Gasteiger partial charge on any atom is 0.325 e. The molecule has 0 unspecified atom stereocenters. The van der Waals surface area contributed by atoms with Gasteiger partial charge >= 0.3 is 5.97 Å². The van der Waals surface area contributed by atoms with E-state index in [1.54, 1.807) is 38.1 Å². The molecule has 0 bridgehead atoms. The van der Waals surface area contributed by atoms with E-state index in [1.807, 2.05) is 6.92 Å². The van der Waals surface area contributed by atoms with Crippen molar-refractivity contribution in [1.29, 1.82) is 0 Å². The summed E-state index contributed by atoms with van der Waals surface area (Å²) in [7, 11) is 3.38. The zero-order valence-corrected chi connectivity index (χ0v) is 12.4. The van der Waals surface area contributed by atoms with Gasteiger partial charge in [-0.05, 0) is 26.0 Å². The van der Waals surface area contributed by atoms with Crippen molar-refractivity contribution in [2.24, 2.45) is 0 Å². The van der Waals surface area contributed by atoms with Crippen molar-refractivity contribution in [3.05, 3.63) is 23.9 Å². The van der Waals surface area contributed by atoms with Crippen molar-refractivity contribution < 1.29 is 14.3 Å². The van der Waals surface area contributed by atoms with Crippen molar-refractivity contribution in [3.63, 3.8) is 0 Å². The van der Waals surface area contributed by atoms with Crippen LogP contribution >= 0.6 is 0 Å². The molecule has 0 N–H and O–H groups in total. The molecule has 6 heteroatoms. The number of nitrogens with zero attached hydrogens (tertiary/aromatic N) is 3. The molecule has 1 rings (SSSR count). The van der Waals surface area contributed by atoms with Gasteiger partial charge in [-0.3, -0.25) is 9.59 Å². The lowest BCUT2D eigenvalue weighted by Crippen LogP contribution is -2.31. The minimum atomic E-state index is -0.287.